The second kappa shape index (κ2) is 10.2. The first-order chi connectivity index (χ1) is 18.6. The van der Waals surface area contributed by atoms with Crippen LogP contribution in [-0.4, -0.2) is 25.4 Å². The summed E-state index contributed by atoms with van der Waals surface area (Å²) in [5, 5.41) is 17.7. The Morgan fingerprint density at radius 2 is 1.69 bits per heavy atom. The molecule has 0 fully saturated rings. The fourth-order valence-corrected chi connectivity index (χ4v) is 3.96. The number of amides is 1. The summed E-state index contributed by atoms with van der Waals surface area (Å²) in [7, 11) is 0. The van der Waals surface area contributed by atoms with E-state index in [9.17, 15) is 28.1 Å². The molecule has 3 aromatic carbocycles. The minimum atomic E-state index is -4.79. The van der Waals surface area contributed by atoms with Crippen LogP contribution in [0.1, 0.15) is 16.2 Å². The summed E-state index contributed by atoms with van der Waals surface area (Å²) in [6.07, 6.45) is -4.79. The number of nitrogens with one attached hydrogen (secondary N) is 1. The molecule has 13 heteroatoms. The predicted octanol–water partition coefficient (Wildman–Crippen LogP) is 7.13. The van der Waals surface area contributed by atoms with Crippen LogP contribution < -0.4 is 10.1 Å². The van der Waals surface area contributed by atoms with Gasteiger partial charge in [-0.05, 0) is 30.3 Å². The molecule has 0 bridgehead atoms. The largest absolute Gasteiger partial charge is 0.457 e. The number of benzene rings is 3. The molecule has 5 rings (SSSR count). The number of non-ortho nitro benzene ring substituents is 1. The van der Waals surface area contributed by atoms with Gasteiger partial charge in [-0.25, -0.2) is 9.50 Å². The van der Waals surface area contributed by atoms with Gasteiger partial charge in [-0.15, -0.1) is 0 Å². The first-order valence-electron chi connectivity index (χ1n) is 11.1. The first kappa shape index (κ1) is 25.9. The monoisotopic (exact) mass is 597 g/mol. The first-order valence-corrected chi connectivity index (χ1v) is 11.9. The lowest BCUT2D eigenvalue weighted by molar-refractivity contribution is -0.384. The number of anilines is 1. The van der Waals surface area contributed by atoms with Crippen molar-refractivity contribution in [2.75, 3.05) is 5.32 Å². The highest BCUT2D eigenvalue weighted by Gasteiger charge is 2.35. The number of carbonyl (C=O) groups is 1. The third kappa shape index (κ3) is 5.72. The van der Waals surface area contributed by atoms with Crippen molar-refractivity contribution in [1.29, 1.82) is 0 Å². The van der Waals surface area contributed by atoms with Gasteiger partial charge in [-0.2, -0.15) is 18.3 Å². The Morgan fingerprint density at radius 1 is 0.974 bits per heavy atom. The number of halogens is 4. The third-order valence-corrected chi connectivity index (χ3v) is 5.96. The van der Waals surface area contributed by atoms with E-state index in [1.165, 1.54) is 12.1 Å². The number of fused-ring (bicyclic) bond motifs is 1. The van der Waals surface area contributed by atoms with E-state index in [-0.39, 0.29) is 34.2 Å². The molecule has 196 valence electrons. The van der Waals surface area contributed by atoms with Crippen LogP contribution in [0.2, 0.25) is 0 Å². The van der Waals surface area contributed by atoms with Gasteiger partial charge < -0.3 is 10.1 Å². The van der Waals surface area contributed by atoms with E-state index < -0.39 is 22.7 Å². The minimum absolute atomic E-state index is 0.0210. The van der Waals surface area contributed by atoms with Crippen LogP contribution in [-0.2, 0) is 6.18 Å². The summed E-state index contributed by atoms with van der Waals surface area (Å²) in [4.78, 5) is 28.0. The van der Waals surface area contributed by atoms with Crippen molar-refractivity contribution in [3.05, 3.63) is 111 Å². The molecule has 9 nitrogen and oxygen atoms in total. The zero-order valence-corrected chi connectivity index (χ0v) is 21.1. The second-order valence-electron chi connectivity index (χ2n) is 8.17. The van der Waals surface area contributed by atoms with Gasteiger partial charge in [0.15, 0.2) is 17.0 Å². The summed E-state index contributed by atoms with van der Waals surface area (Å²) < 4.78 is 48.6. The SMILES string of the molecule is O=C(Nc1cc(Oc2ccc(Br)cc2)cc([N+](=O)[O-])c1)c1cc2nc(-c3ccccc3)cc(C(F)(F)F)n2n1. The number of hydrogen-bond donors (Lipinski definition) is 1. The lowest BCUT2D eigenvalue weighted by Gasteiger charge is -2.11. The Kier molecular flexibility index (Phi) is 6.74. The molecule has 1 N–H and O–H groups in total. The van der Waals surface area contributed by atoms with Crippen LogP contribution in [0.25, 0.3) is 16.9 Å². The van der Waals surface area contributed by atoms with Crippen LogP contribution in [0.15, 0.2) is 89.4 Å². The molecule has 0 unspecified atom stereocenters. The Morgan fingerprint density at radius 3 is 2.36 bits per heavy atom. The molecule has 0 saturated carbocycles. The number of rotatable bonds is 6. The molecule has 1 amide bonds. The van der Waals surface area contributed by atoms with E-state index in [2.05, 4.69) is 31.3 Å². The van der Waals surface area contributed by atoms with Gasteiger partial charge in [0.1, 0.15) is 11.5 Å². The van der Waals surface area contributed by atoms with Crippen molar-refractivity contribution in [2.24, 2.45) is 0 Å². The lowest BCUT2D eigenvalue weighted by Crippen LogP contribution is -2.16. The Bertz CT molecular complexity index is 1710. The van der Waals surface area contributed by atoms with E-state index in [4.69, 9.17) is 4.74 Å². The van der Waals surface area contributed by atoms with Crippen molar-refractivity contribution < 1.29 is 27.6 Å². The van der Waals surface area contributed by atoms with E-state index in [0.717, 1.165) is 22.7 Å². The molecule has 0 aliphatic carbocycles. The number of aromatic nitrogens is 3. The number of alkyl halides is 3. The van der Waals surface area contributed by atoms with Crippen molar-refractivity contribution in [3.63, 3.8) is 0 Å². The highest BCUT2D eigenvalue weighted by Crippen LogP contribution is 2.33. The fraction of sp³-hybridized carbons (Fsp3) is 0.0385. The van der Waals surface area contributed by atoms with Crippen LogP contribution in [0, 0.1) is 10.1 Å². The summed E-state index contributed by atoms with van der Waals surface area (Å²) in [6.45, 7) is 0. The molecule has 5 aromatic rings. The molecule has 0 aliphatic rings. The van der Waals surface area contributed by atoms with Gasteiger partial charge in [0.2, 0.25) is 0 Å². The van der Waals surface area contributed by atoms with Crippen molar-refractivity contribution >= 4 is 38.9 Å². The molecule has 39 heavy (non-hydrogen) atoms. The average Bonchev–Trinajstić information content (AvgIpc) is 3.34. The van der Waals surface area contributed by atoms with Crippen molar-refractivity contribution in [1.82, 2.24) is 14.6 Å². The molecule has 0 saturated heterocycles. The lowest BCUT2D eigenvalue weighted by atomic mass is 10.1. The highest BCUT2D eigenvalue weighted by molar-refractivity contribution is 9.10. The van der Waals surface area contributed by atoms with Crippen LogP contribution in [0.4, 0.5) is 24.5 Å². The molecule has 2 heterocycles. The average molecular weight is 598 g/mol. The molecule has 2 aromatic heterocycles. The molecule has 0 radical (unpaired) electrons. The Balaban J connectivity index is 1.49. The van der Waals surface area contributed by atoms with Crippen molar-refractivity contribution in [2.45, 2.75) is 6.18 Å². The molecule has 0 aliphatic heterocycles. The van der Waals surface area contributed by atoms with Gasteiger partial charge in [-0.3, -0.25) is 14.9 Å². The van der Waals surface area contributed by atoms with Crippen LogP contribution in [0.3, 0.4) is 0 Å². The number of hydrogen-bond acceptors (Lipinski definition) is 6. The predicted molar refractivity (Wildman–Crippen MR) is 139 cm³/mol. The molecule has 0 atom stereocenters. The summed E-state index contributed by atoms with van der Waals surface area (Å²) >= 11 is 3.30. The normalized spacial score (nSPS) is 11.4. The molecular weight excluding hydrogens is 583 g/mol. The van der Waals surface area contributed by atoms with Crippen LogP contribution in [0.5, 0.6) is 11.5 Å². The molecular formula is C26H15BrF3N5O4. The number of ether oxygens (including phenoxy) is 1. The maximum absolute atomic E-state index is 13.9. The highest BCUT2D eigenvalue weighted by atomic mass is 79.9. The number of nitro groups is 1. The van der Waals surface area contributed by atoms with E-state index in [1.54, 1.807) is 54.6 Å². The summed E-state index contributed by atoms with van der Waals surface area (Å²) in [5.74, 6) is -0.452. The number of nitro benzene ring substituents is 1. The third-order valence-electron chi connectivity index (χ3n) is 5.43. The van der Waals surface area contributed by atoms with Gasteiger partial charge in [0.05, 0.1) is 22.4 Å². The maximum atomic E-state index is 13.9. The zero-order chi connectivity index (χ0) is 27.7. The second-order valence-corrected chi connectivity index (χ2v) is 9.09. The van der Waals surface area contributed by atoms with Gasteiger partial charge in [0.25, 0.3) is 11.6 Å². The van der Waals surface area contributed by atoms with Gasteiger partial charge >= 0.3 is 6.18 Å². The minimum Gasteiger partial charge on any atom is -0.457 e. The maximum Gasteiger partial charge on any atom is 0.433 e. The number of nitrogens with zero attached hydrogens (tertiary/aromatic N) is 4. The quantitative estimate of drug-likeness (QED) is 0.164. The summed E-state index contributed by atoms with van der Waals surface area (Å²) in [5.41, 5.74) is -1.59. The van der Waals surface area contributed by atoms with E-state index >= 15 is 0 Å². The standard InChI is InChI=1S/C26H15BrF3N5O4/c27-16-6-8-19(9-7-16)39-20-11-17(10-18(12-20)35(37)38)31-25(36)22-14-24-32-21(15-4-2-1-3-5-15)13-23(26(28,29)30)34(24)33-22/h1-14H,(H,31,36). The Hall–Kier alpha value is -4.78. The smallest absolute Gasteiger partial charge is 0.433 e. The topological polar surface area (TPSA) is 112 Å². The summed E-state index contributed by atoms with van der Waals surface area (Å²) in [6, 6.07) is 20.5. The van der Waals surface area contributed by atoms with Crippen LogP contribution >= 0.6 is 15.9 Å². The van der Waals surface area contributed by atoms with Gasteiger partial charge in [0, 0.05) is 28.2 Å². The van der Waals surface area contributed by atoms with Gasteiger partial charge in [-0.1, -0.05) is 46.3 Å². The fourth-order valence-electron chi connectivity index (χ4n) is 3.70. The zero-order valence-electron chi connectivity index (χ0n) is 19.5. The van der Waals surface area contributed by atoms with E-state index in [0.29, 0.717) is 15.8 Å². The Labute approximate surface area is 226 Å². The van der Waals surface area contributed by atoms with Crippen molar-refractivity contribution in [3.8, 4) is 22.8 Å². The van der Waals surface area contributed by atoms with E-state index in [1.807, 2.05) is 0 Å². The molecule has 0 spiro atoms. The number of carbonyl (C=O) groups excluding carboxylic acids is 1.